The molecule has 2 aromatic rings. The first-order chi connectivity index (χ1) is 10.2. The van der Waals surface area contributed by atoms with E-state index in [0.717, 1.165) is 11.5 Å². The lowest BCUT2D eigenvalue weighted by Crippen LogP contribution is -2.26. The second-order valence-corrected chi connectivity index (χ2v) is 6.38. The summed E-state index contributed by atoms with van der Waals surface area (Å²) in [5.74, 6) is 1.20. The van der Waals surface area contributed by atoms with Crippen LogP contribution in [0.25, 0.3) is 0 Å². The van der Waals surface area contributed by atoms with Gasteiger partial charge in [0.15, 0.2) is 0 Å². The fourth-order valence-corrected chi connectivity index (χ4v) is 3.12. The van der Waals surface area contributed by atoms with Crippen LogP contribution in [0.1, 0.15) is 15.9 Å². The van der Waals surface area contributed by atoms with Gasteiger partial charge in [0.2, 0.25) is 0 Å². The van der Waals surface area contributed by atoms with Gasteiger partial charge in [-0.05, 0) is 39.7 Å². The molecular weight excluding hydrogens is 353 g/mol. The van der Waals surface area contributed by atoms with Crippen molar-refractivity contribution in [2.24, 2.45) is 0 Å². The molecule has 21 heavy (non-hydrogen) atoms. The van der Waals surface area contributed by atoms with Gasteiger partial charge in [-0.2, -0.15) is 11.8 Å². The first kappa shape index (κ1) is 16.0. The number of amides is 1. The van der Waals surface area contributed by atoms with Crippen LogP contribution in [-0.2, 0) is 5.75 Å². The quantitative estimate of drug-likeness (QED) is 0.773. The van der Waals surface area contributed by atoms with Gasteiger partial charge >= 0.3 is 0 Å². The predicted octanol–water partition coefficient (Wildman–Crippen LogP) is 4.25. The number of hydrogen-bond donors (Lipinski definition) is 1. The summed E-state index contributed by atoms with van der Waals surface area (Å²) >= 11 is 4.96. The molecule has 0 bridgehead atoms. The zero-order valence-corrected chi connectivity index (χ0v) is 13.7. The summed E-state index contributed by atoms with van der Waals surface area (Å²) in [6.45, 7) is 0.583. The van der Waals surface area contributed by atoms with Crippen LogP contribution in [0.4, 0.5) is 4.39 Å². The minimum absolute atomic E-state index is 0.192. The van der Waals surface area contributed by atoms with Gasteiger partial charge in [-0.15, -0.1) is 0 Å². The Labute approximate surface area is 136 Å². The van der Waals surface area contributed by atoms with Crippen molar-refractivity contribution in [1.29, 1.82) is 0 Å². The third kappa shape index (κ3) is 5.17. The lowest BCUT2D eigenvalue weighted by Gasteiger charge is -2.07. The molecule has 0 radical (unpaired) electrons. The van der Waals surface area contributed by atoms with Gasteiger partial charge in [-0.3, -0.25) is 4.79 Å². The van der Waals surface area contributed by atoms with Crippen LogP contribution in [0.3, 0.4) is 0 Å². The van der Waals surface area contributed by atoms with Crippen LogP contribution < -0.4 is 5.32 Å². The third-order valence-electron chi connectivity index (χ3n) is 2.82. The number of thioether (sulfide) groups is 1. The molecule has 0 aromatic heterocycles. The molecule has 1 amide bonds. The largest absolute Gasteiger partial charge is 0.351 e. The summed E-state index contributed by atoms with van der Waals surface area (Å²) < 4.78 is 13.4. The maximum Gasteiger partial charge on any atom is 0.252 e. The van der Waals surface area contributed by atoms with Crippen LogP contribution in [-0.4, -0.2) is 18.2 Å². The monoisotopic (exact) mass is 367 g/mol. The smallest absolute Gasteiger partial charge is 0.252 e. The molecule has 110 valence electrons. The van der Waals surface area contributed by atoms with Crippen molar-refractivity contribution in [2.75, 3.05) is 12.3 Å². The van der Waals surface area contributed by atoms with E-state index in [9.17, 15) is 9.18 Å². The van der Waals surface area contributed by atoms with Gasteiger partial charge in [0.1, 0.15) is 5.82 Å². The normalized spacial score (nSPS) is 10.4. The van der Waals surface area contributed by atoms with Crippen molar-refractivity contribution in [3.05, 3.63) is 69.9 Å². The van der Waals surface area contributed by atoms with Crippen LogP contribution in [0.5, 0.6) is 0 Å². The number of rotatable bonds is 6. The standard InChI is InChI=1S/C16H15BrFNOS/c17-15-10-13(18)6-7-14(15)16(20)19-8-9-21-11-12-4-2-1-3-5-12/h1-7,10H,8-9,11H2,(H,19,20). The van der Waals surface area contributed by atoms with E-state index >= 15 is 0 Å². The van der Waals surface area contributed by atoms with Gasteiger partial charge in [-0.25, -0.2) is 4.39 Å². The Balaban J connectivity index is 1.72. The molecule has 2 nitrogen and oxygen atoms in total. The lowest BCUT2D eigenvalue weighted by atomic mass is 10.2. The first-order valence-corrected chi connectivity index (χ1v) is 8.46. The first-order valence-electron chi connectivity index (χ1n) is 6.52. The molecule has 0 aliphatic heterocycles. The average Bonchev–Trinajstić information content (AvgIpc) is 2.47. The Morgan fingerprint density at radius 2 is 1.95 bits per heavy atom. The van der Waals surface area contributed by atoms with E-state index in [1.165, 1.54) is 23.8 Å². The maximum atomic E-state index is 13.0. The fourth-order valence-electron chi connectivity index (χ4n) is 1.77. The zero-order chi connectivity index (χ0) is 15.1. The summed E-state index contributed by atoms with van der Waals surface area (Å²) in [5.41, 5.74) is 1.72. The van der Waals surface area contributed by atoms with E-state index in [2.05, 4.69) is 33.4 Å². The van der Waals surface area contributed by atoms with Crippen molar-refractivity contribution in [1.82, 2.24) is 5.32 Å². The van der Waals surface area contributed by atoms with Crippen molar-refractivity contribution >= 4 is 33.6 Å². The highest BCUT2D eigenvalue weighted by Gasteiger charge is 2.09. The molecule has 0 unspecified atom stereocenters. The highest BCUT2D eigenvalue weighted by Crippen LogP contribution is 2.18. The van der Waals surface area contributed by atoms with E-state index in [4.69, 9.17) is 0 Å². The van der Waals surface area contributed by atoms with E-state index in [-0.39, 0.29) is 11.7 Å². The van der Waals surface area contributed by atoms with Crippen molar-refractivity contribution in [3.8, 4) is 0 Å². The number of nitrogens with one attached hydrogen (secondary N) is 1. The van der Waals surface area contributed by atoms with Crippen LogP contribution >= 0.6 is 27.7 Å². The van der Waals surface area contributed by atoms with Crippen LogP contribution in [0, 0.1) is 5.82 Å². The Kier molecular flexibility index (Phi) is 6.26. The van der Waals surface area contributed by atoms with E-state index in [0.29, 0.717) is 16.6 Å². The fraction of sp³-hybridized carbons (Fsp3) is 0.188. The second kappa shape index (κ2) is 8.20. The minimum atomic E-state index is -0.364. The van der Waals surface area contributed by atoms with Crippen molar-refractivity contribution in [3.63, 3.8) is 0 Å². The van der Waals surface area contributed by atoms with Gasteiger partial charge in [0.25, 0.3) is 5.91 Å². The average molecular weight is 368 g/mol. The molecule has 2 rings (SSSR count). The molecule has 0 fully saturated rings. The summed E-state index contributed by atoms with van der Waals surface area (Å²) in [6.07, 6.45) is 0. The Morgan fingerprint density at radius 3 is 2.67 bits per heavy atom. The van der Waals surface area contributed by atoms with E-state index in [1.807, 2.05) is 18.2 Å². The number of hydrogen-bond acceptors (Lipinski definition) is 2. The van der Waals surface area contributed by atoms with Gasteiger partial charge < -0.3 is 5.32 Å². The van der Waals surface area contributed by atoms with Gasteiger partial charge in [0, 0.05) is 22.5 Å². The Hall–Kier alpha value is -1.33. The molecule has 0 spiro atoms. The van der Waals surface area contributed by atoms with Crippen molar-refractivity contribution < 1.29 is 9.18 Å². The highest BCUT2D eigenvalue weighted by atomic mass is 79.9. The Morgan fingerprint density at radius 1 is 1.19 bits per heavy atom. The molecule has 0 aliphatic carbocycles. The zero-order valence-electron chi connectivity index (χ0n) is 11.3. The summed E-state index contributed by atoms with van der Waals surface area (Å²) in [4.78, 5) is 11.9. The molecular formula is C16H15BrFNOS. The van der Waals surface area contributed by atoms with E-state index < -0.39 is 0 Å². The van der Waals surface area contributed by atoms with Gasteiger partial charge in [-0.1, -0.05) is 30.3 Å². The molecule has 5 heteroatoms. The number of carbonyl (C=O) groups excluding carboxylic acids is 1. The highest BCUT2D eigenvalue weighted by molar-refractivity contribution is 9.10. The molecule has 2 aromatic carbocycles. The predicted molar refractivity (Wildman–Crippen MR) is 89.0 cm³/mol. The number of carbonyl (C=O) groups is 1. The molecule has 0 heterocycles. The van der Waals surface area contributed by atoms with Gasteiger partial charge in [0.05, 0.1) is 5.56 Å². The minimum Gasteiger partial charge on any atom is -0.351 e. The summed E-state index contributed by atoms with van der Waals surface area (Å²) in [6, 6.07) is 14.2. The summed E-state index contributed by atoms with van der Waals surface area (Å²) in [7, 11) is 0. The summed E-state index contributed by atoms with van der Waals surface area (Å²) in [5, 5.41) is 2.83. The molecule has 1 N–H and O–H groups in total. The maximum absolute atomic E-state index is 13.0. The number of benzene rings is 2. The Bertz CT molecular complexity index is 606. The van der Waals surface area contributed by atoms with Crippen LogP contribution in [0.2, 0.25) is 0 Å². The molecule has 0 saturated heterocycles. The van der Waals surface area contributed by atoms with E-state index in [1.54, 1.807) is 11.8 Å². The molecule has 0 saturated carbocycles. The van der Waals surface area contributed by atoms with Crippen molar-refractivity contribution in [2.45, 2.75) is 5.75 Å². The lowest BCUT2D eigenvalue weighted by molar-refractivity contribution is 0.0955. The SMILES string of the molecule is O=C(NCCSCc1ccccc1)c1ccc(F)cc1Br. The second-order valence-electron chi connectivity index (χ2n) is 4.42. The number of halogens is 2. The molecule has 0 atom stereocenters. The third-order valence-corrected chi connectivity index (χ3v) is 4.51. The van der Waals surface area contributed by atoms with Crippen LogP contribution in [0.15, 0.2) is 53.0 Å². The topological polar surface area (TPSA) is 29.1 Å². The molecule has 0 aliphatic rings.